The Balaban J connectivity index is 1.63. The zero-order valence-electron chi connectivity index (χ0n) is 18.4. The number of hydrogen-bond donors (Lipinski definition) is 1. The molecule has 164 valence electrons. The van der Waals surface area contributed by atoms with E-state index >= 15 is 0 Å². The minimum atomic E-state index is -0.368. The first-order valence-corrected chi connectivity index (χ1v) is 10.7. The fraction of sp³-hybridized carbons (Fsp3) is 0.0370. The van der Waals surface area contributed by atoms with Gasteiger partial charge in [-0.05, 0) is 31.2 Å². The second-order valence-corrected chi connectivity index (χ2v) is 7.64. The van der Waals surface area contributed by atoms with Crippen LogP contribution in [0.4, 0.5) is 5.82 Å². The summed E-state index contributed by atoms with van der Waals surface area (Å²) in [7, 11) is 0. The molecule has 2 heterocycles. The van der Waals surface area contributed by atoms with E-state index in [1.54, 1.807) is 9.36 Å². The lowest BCUT2D eigenvalue weighted by molar-refractivity contribution is 0.102. The van der Waals surface area contributed by atoms with Crippen molar-refractivity contribution in [2.45, 2.75) is 6.92 Å². The SMILES string of the molecule is Cc1c(C(=O)Nc2c(C#N)cnn2-c2ccccc2)c(-c2ccccc2)nn1-c1ccccc1. The van der Waals surface area contributed by atoms with Crippen molar-refractivity contribution in [2.24, 2.45) is 0 Å². The summed E-state index contributed by atoms with van der Waals surface area (Å²) in [5.74, 6) is -0.0581. The quantitative estimate of drug-likeness (QED) is 0.406. The third kappa shape index (κ3) is 3.74. The van der Waals surface area contributed by atoms with Crippen LogP contribution in [0.1, 0.15) is 21.6 Å². The van der Waals surface area contributed by atoms with E-state index in [4.69, 9.17) is 5.10 Å². The zero-order chi connectivity index (χ0) is 23.5. The Kier molecular flexibility index (Phi) is 5.46. The number of nitriles is 1. The molecule has 3 aromatic carbocycles. The number of nitrogens with one attached hydrogen (secondary N) is 1. The van der Waals surface area contributed by atoms with Crippen molar-refractivity contribution in [2.75, 3.05) is 5.32 Å². The van der Waals surface area contributed by atoms with Gasteiger partial charge in [0.25, 0.3) is 5.91 Å². The van der Waals surface area contributed by atoms with Crippen LogP contribution in [0.2, 0.25) is 0 Å². The largest absolute Gasteiger partial charge is 0.305 e. The molecule has 0 saturated carbocycles. The van der Waals surface area contributed by atoms with Gasteiger partial charge in [-0.2, -0.15) is 15.5 Å². The number of rotatable bonds is 5. The van der Waals surface area contributed by atoms with Crippen LogP contribution in [-0.2, 0) is 0 Å². The lowest BCUT2D eigenvalue weighted by Crippen LogP contribution is -2.17. The Morgan fingerprint density at radius 3 is 2.00 bits per heavy atom. The average molecular weight is 444 g/mol. The Morgan fingerprint density at radius 2 is 1.41 bits per heavy atom. The highest BCUT2D eigenvalue weighted by Crippen LogP contribution is 2.29. The van der Waals surface area contributed by atoms with Crippen LogP contribution < -0.4 is 5.32 Å². The molecule has 0 saturated heterocycles. The Bertz CT molecular complexity index is 1500. The van der Waals surface area contributed by atoms with Crippen molar-refractivity contribution in [3.05, 3.63) is 114 Å². The molecule has 7 heteroatoms. The molecule has 2 aromatic heterocycles. The van der Waals surface area contributed by atoms with Crippen molar-refractivity contribution < 1.29 is 4.79 Å². The molecule has 34 heavy (non-hydrogen) atoms. The number of aromatic nitrogens is 4. The first kappa shape index (κ1) is 20.9. The molecule has 7 nitrogen and oxygen atoms in total. The van der Waals surface area contributed by atoms with Crippen molar-refractivity contribution >= 4 is 11.7 Å². The fourth-order valence-corrected chi connectivity index (χ4v) is 3.88. The first-order valence-electron chi connectivity index (χ1n) is 10.7. The zero-order valence-corrected chi connectivity index (χ0v) is 18.4. The average Bonchev–Trinajstić information content (AvgIpc) is 3.46. The molecule has 0 spiro atoms. The number of benzene rings is 3. The highest BCUT2D eigenvalue weighted by molar-refractivity contribution is 6.09. The molecular formula is C27H20N6O. The van der Waals surface area contributed by atoms with Crippen LogP contribution in [0.5, 0.6) is 0 Å². The predicted octanol–water partition coefficient (Wildman–Crippen LogP) is 5.16. The van der Waals surface area contributed by atoms with E-state index in [9.17, 15) is 10.1 Å². The summed E-state index contributed by atoms with van der Waals surface area (Å²) in [6, 6.07) is 30.7. The predicted molar refractivity (Wildman–Crippen MR) is 130 cm³/mol. The normalized spacial score (nSPS) is 10.6. The molecule has 0 atom stereocenters. The van der Waals surface area contributed by atoms with E-state index < -0.39 is 0 Å². The van der Waals surface area contributed by atoms with E-state index in [0.29, 0.717) is 22.8 Å². The Labute approximate surface area is 196 Å². The monoisotopic (exact) mass is 444 g/mol. The molecule has 0 aliphatic rings. The molecule has 0 aliphatic heterocycles. The van der Waals surface area contributed by atoms with Gasteiger partial charge in [-0.15, -0.1) is 0 Å². The van der Waals surface area contributed by atoms with Gasteiger partial charge >= 0.3 is 0 Å². The number of anilines is 1. The van der Waals surface area contributed by atoms with Crippen molar-refractivity contribution in [3.8, 4) is 28.7 Å². The van der Waals surface area contributed by atoms with Gasteiger partial charge in [-0.3, -0.25) is 4.79 Å². The van der Waals surface area contributed by atoms with Crippen molar-refractivity contribution in [3.63, 3.8) is 0 Å². The third-order valence-corrected chi connectivity index (χ3v) is 5.51. The standard InChI is InChI=1S/C27H20N6O/c1-19-24(25(20-11-5-2-6-12-20)31-32(19)22-13-7-3-8-14-22)27(34)30-26-21(17-28)18-29-33(26)23-15-9-4-10-16-23/h2-16,18H,1H3,(H,30,34). The second-order valence-electron chi connectivity index (χ2n) is 7.64. The van der Waals surface area contributed by atoms with Gasteiger partial charge in [0.15, 0.2) is 5.82 Å². The molecule has 0 radical (unpaired) electrons. The maximum absolute atomic E-state index is 13.7. The van der Waals surface area contributed by atoms with Gasteiger partial charge < -0.3 is 5.32 Å². The highest BCUT2D eigenvalue weighted by Gasteiger charge is 2.25. The van der Waals surface area contributed by atoms with E-state index in [-0.39, 0.29) is 11.5 Å². The highest BCUT2D eigenvalue weighted by atomic mass is 16.1. The number of hydrogen-bond acceptors (Lipinski definition) is 4. The molecule has 5 aromatic rings. The van der Waals surface area contributed by atoms with Gasteiger partial charge in [0.05, 0.1) is 28.8 Å². The summed E-state index contributed by atoms with van der Waals surface area (Å²) in [4.78, 5) is 13.7. The Hall–Kier alpha value is -4.96. The summed E-state index contributed by atoms with van der Waals surface area (Å²) in [6.45, 7) is 1.86. The summed E-state index contributed by atoms with van der Waals surface area (Å²) in [5.41, 5.74) is 4.35. The molecule has 1 amide bonds. The molecule has 0 unspecified atom stereocenters. The molecule has 0 aliphatic carbocycles. The second kappa shape index (κ2) is 8.88. The van der Waals surface area contributed by atoms with Crippen LogP contribution in [0.3, 0.4) is 0 Å². The number of para-hydroxylation sites is 2. The van der Waals surface area contributed by atoms with Crippen molar-refractivity contribution in [1.29, 1.82) is 5.26 Å². The van der Waals surface area contributed by atoms with E-state index in [1.165, 1.54) is 6.20 Å². The van der Waals surface area contributed by atoms with Crippen LogP contribution in [0.15, 0.2) is 97.2 Å². The minimum Gasteiger partial charge on any atom is -0.305 e. The molecule has 5 rings (SSSR count). The number of nitrogens with zero attached hydrogens (tertiary/aromatic N) is 5. The van der Waals surface area contributed by atoms with E-state index in [2.05, 4.69) is 16.5 Å². The smallest absolute Gasteiger partial charge is 0.260 e. The first-order chi connectivity index (χ1) is 16.7. The number of amides is 1. The van der Waals surface area contributed by atoms with Crippen LogP contribution in [-0.4, -0.2) is 25.5 Å². The lowest BCUT2D eigenvalue weighted by Gasteiger charge is -2.10. The van der Waals surface area contributed by atoms with Crippen LogP contribution >= 0.6 is 0 Å². The van der Waals surface area contributed by atoms with E-state index in [0.717, 1.165) is 16.9 Å². The van der Waals surface area contributed by atoms with Crippen LogP contribution in [0.25, 0.3) is 22.6 Å². The summed E-state index contributed by atoms with van der Waals surface area (Å²) < 4.78 is 3.31. The van der Waals surface area contributed by atoms with Crippen LogP contribution in [0, 0.1) is 18.3 Å². The van der Waals surface area contributed by atoms with Gasteiger partial charge in [-0.1, -0.05) is 66.7 Å². The molecule has 0 bridgehead atoms. The van der Waals surface area contributed by atoms with Crippen molar-refractivity contribution in [1.82, 2.24) is 19.6 Å². The number of carbonyl (C=O) groups excluding carboxylic acids is 1. The van der Waals surface area contributed by atoms with Gasteiger partial charge in [0.2, 0.25) is 0 Å². The summed E-state index contributed by atoms with van der Waals surface area (Å²) in [5, 5.41) is 21.7. The lowest BCUT2D eigenvalue weighted by atomic mass is 10.1. The molecule has 0 fully saturated rings. The number of carbonyl (C=O) groups is 1. The van der Waals surface area contributed by atoms with E-state index in [1.807, 2.05) is 97.9 Å². The third-order valence-electron chi connectivity index (χ3n) is 5.51. The maximum atomic E-state index is 13.7. The molecular weight excluding hydrogens is 424 g/mol. The van der Waals surface area contributed by atoms with Gasteiger partial charge in [0, 0.05) is 5.56 Å². The maximum Gasteiger partial charge on any atom is 0.260 e. The fourth-order valence-electron chi connectivity index (χ4n) is 3.88. The topological polar surface area (TPSA) is 88.5 Å². The summed E-state index contributed by atoms with van der Waals surface area (Å²) >= 11 is 0. The van der Waals surface area contributed by atoms with Gasteiger partial charge in [-0.25, -0.2) is 9.36 Å². The Morgan fingerprint density at radius 1 is 0.853 bits per heavy atom. The minimum absolute atomic E-state index is 0.270. The van der Waals surface area contributed by atoms with Gasteiger partial charge in [0.1, 0.15) is 17.3 Å². The molecule has 1 N–H and O–H groups in total. The summed E-state index contributed by atoms with van der Waals surface area (Å²) in [6.07, 6.45) is 1.45.